The van der Waals surface area contributed by atoms with Crippen LogP contribution in [0, 0.1) is 11.6 Å². The van der Waals surface area contributed by atoms with Gasteiger partial charge in [-0.3, -0.25) is 33.2 Å². The molecule has 7 aromatic rings. The molecule has 326 valence electrons. The van der Waals surface area contributed by atoms with Crippen LogP contribution in [0.25, 0.3) is 39.0 Å². The lowest BCUT2D eigenvalue weighted by Gasteiger charge is -2.24. The molecule has 0 aliphatic heterocycles. The Morgan fingerprint density at radius 3 is 2.32 bits per heavy atom. The van der Waals surface area contributed by atoms with E-state index in [4.69, 9.17) is 16.6 Å². The van der Waals surface area contributed by atoms with Crippen molar-refractivity contribution in [2.24, 2.45) is 0 Å². The SMILES string of the molecule is O=C(Cn1nc(C(F)F)cc1C1CC1)N[C@@H](Cc1cc(F)cc(F)c1)c1nc2nc(-c3ccccn3)ccc2c(=O)n1-c1ccc(Cl)c2c(NS(=O)(=O)C3CC3)nn(CC(F)F)c12. The molecular weight excluding hydrogens is 878 g/mol. The van der Waals surface area contributed by atoms with E-state index < -0.39 is 82.5 Å². The molecule has 0 radical (unpaired) electrons. The van der Waals surface area contributed by atoms with Gasteiger partial charge in [-0.2, -0.15) is 10.2 Å². The molecule has 0 bridgehead atoms. The minimum Gasteiger partial charge on any atom is -0.344 e. The molecule has 5 heterocycles. The predicted octanol–water partition coefficient (Wildman–Crippen LogP) is 7.40. The number of halogens is 7. The molecule has 0 unspecified atom stereocenters. The van der Waals surface area contributed by atoms with Gasteiger partial charge in [0.05, 0.1) is 49.7 Å². The van der Waals surface area contributed by atoms with Gasteiger partial charge in [-0.05, 0) is 85.8 Å². The maximum absolute atomic E-state index is 15.1. The Balaban J connectivity index is 1.27. The number of rotatable bonds is 15. The fourth-order valence-electron chi connectivity index (χ4n) is 7.52. The van der Waals surface area contributed by atoms with Gasteiger partial charge in [0.15, 0.2) is 11.5 Å². The molecule has 14 nitrogen and oxygen atoms in total. The molecule has 2 N–H and O–H groups in total. The topological polar surface area (TPSA) is 172 Å². The summed E-state index contributed by atoms with van der Waals surface area (Å²) in [7, 11) is -4.04. The first-order chi connectivity index (χ1) is 30.1. The molecule has 2 fully saturated rings. The van der Waals surface area contributed by atoms with Gasteiger partial charge in [-0.25, -0.2) is 44.7 Å². The number of anilines is 1. The highest BCUT2D eigenvalue weighted by Crippen LogP contribution is 2.41. The minimum absolute atomic E-state index is 0.0209. The van der Waals surface area contributed by atoms with Crippen molar-refractivity contribution in [3.8, 4) is 17.1 Å². The summed E-state index contributed by atoms with van der Waals surface area (Å²) in [6.45, 7) is -1.69. The number of sulfonamides is 1. The number of hydrogen-bond donors (Lipinski definition) is 2. The molecule has 2 aliphatic carbocycles. The Kier molecular flexibility index (Phi) is 10.9. The second-order valence-electron chi connectivity index (χ2n) is 15.3. The van der Waals surface area contributed by atoms with Gasteiger partial charge in [0.2, 0.25) is 15.9 Å². The van der Waals surface area contributed by atoms with Crippen molar-refractivity contribution in [3.63, 3.8) is 0 Å². The number of hydrogen-bond acceptors (Lipinski definition) is 9. The molecule has 2 aromatic carbocycles. The zero-order valence-corrected chi connectivity index (χ0v) is 34.1. The van der Waals surface area contributed by atoms with Crippen molar-refractivity contribution in [2.75, 3.05) is 4.72 Å². The number of carbonyl (C=O) groups is 1. The van der Waals surface area contributed by atoms with Crippen LogP contribution in [0.1, 0.15) is 66.8 Å². The average molecular weight is 911 g/mol. The van der Waals surface area contributed by atoms with Crippen LogP contribution in [0.5, 0.6) is 0 Å². The molecule has 1 amide bonds. The van der Waals surface area contributed by atoms with Gasteiger partial charge in [0.1, 0.15) is 36.2 Å². The van der Waals surface area contributed by atoms with E-state index in [1.807, 2.05) is 0 Å². The van der Waals surface area contributed by atoms with Gasteiger partial charge in [0, 0.05) is 30.3 Å². The van der Waals surface area contributed by atoms with Gasteiger partial charge in [-0.1, -0.05) is 17.7 Å². The van der Waals surface area contributed by atoms with E-state index in [2.05, 4.69) is 30.2 Å². The van der Waals surface area contributed by atoms with E-state index in [-0.39, 0.29) is 61.5 Å². The fourth-order valence-corrected chi connectivity index (χ4v) is 9.10. The number of amides is 1. The van der Waals surface area contributed by atoms with Crippen LogP contribution in [0.4, 0.5) is 32.2 Å². The number of nitrogens with one attached hydrogen (secondary N) is 2. The predicted molar refractivity (Wildman–Crippen MR) is 218 cm³/mol. The van der Waals surface area contributed by atoms with E-state index in [1.54, 1.807) is 18.2 Å². The maximum atomic E-state index is 15.1. The summed E-state index contributed by atoms with van der Waals surface area (Å²) in [4.78, 5) is 42.9. The quantitative estimate of drug-likeness (QED) is 0.0995. The lowest BCUT2D eigenvalue weighted by atomic mass is 10.0. The normalized spacial score (nSPS) is 14.9. The highest BCUT2D eigenvalue weighted by molar-refractivity contribution is 7.93. The molecule has 1 atom stereocenters. The van der Waals surface area contributed by atoms with Crippen molar-refractivity contribution < 1.29 is 39.6 Å². The molecule has 0 saturated heterocycles. The monoisotopic (exact) mass is 910 g/mol. The van der Waals surface area contributed by atoms with Crippen LogP contribution in [0.3, 0.4) is 0 Å². The first kappa shape index (κ1) is 42.0. The number of nitrogens with zero attached hydrogens (tertiary/aromatic N) is 8. The third-order valence-electron chi connectivity index (χ3n) is 10.6. The molecule has 63 heavy (non-hydrogen) atoms. The summed E-state index contributed by atoms with van der Waals surface area (Å²) >= 11 is 6.67. The molecule has 5 aromatic heterocycles. The van der Waals surface area contributed by atoms with Crippen molar-refractivity contribution in [1.29, 1.82) is 0 Å². The van der Waals surface area contributed by atoms with E-state index in [0.717, 1.165) is 26.1 Å². The maximum Gasteiger partial charge on any atom is 0.282 e. The summed E-state index contributed by atoms with van der Waals surface area (Å²) in [5.74, 6) is -3.60. The second-order valence-corrected chi connectivity index (χ2v) is 17.6. The number of aromatic nitrogens is 8. The molecule has 0 spiro atoms. The largest absolute Gasteiger partial charge is 0.344 e. The highest BCUT2D eigenvalue weighted by atomic mass is 35.5. The summed E-state index contributed by atoms with van der Waals surface area (Å²) < 4.78 is 117. The standard InChI is InChI=1S/C41H33ClF6N10O4S/c42-26-9-11-31(36-35(26)39(54-57(36)18-33(45)46)55-63(61,62)24-6-7-24)58-40(52-38-25(41(58)60)8-10-28(51-38)27-3-1-2-12-49-27)30(15-20-13-22(43)16-23(44)14-20)50-34(59)19-56-32(21-4-5-21)17-29(53-56)37(47)48/h1-3,8-14,16-17,21,24,30,33,37H,4-7,15,18-19H2,(H,50,59)(H,54,55)/t30-/m0/s1. The Morgan fingerprint density at radius 1 is 0.889 bits per heavy atom. The van der Waals surface area contributed by atoms with Crippen molar-refractivity contribution >= 4 is 55.3 Å². The molecule has 2 saturated carbocycles. The number of alkyl halides is 4. The smallest absolute Gasteiger partial charge is 0.282 e. The van der Waals surface area contributed by atoms with E-state index >= 15 is 4.79 Å². The first-order valence-corrected chi connectivity index (χ1v) is 21.5. The zero-order valence-electron chi connectivity index (χ0n) is 32.5. The van der Waals surface area contributed by atoms with Crippen LogP contribution in [0.2, 0.25) is 5.02 Å². The Bertz CT molecular complexity index is 3080. The van der Waals surface area contributed by atoms with Crippen LogP contribution in [-0.2, 0) is 34.3 Å². The van der Waals surface area contributed by atoms with E-state index in [9.17, 15) is 39.6 Å². The molecule has 2 aliphatic rings. The van der Waals surface area contributed by atoms with Crippen LogP contribution >= 0.6 is 11.6 Å². The highest BCUT2D eigenvalue weighted by Gasteiger charge is 2.38. The second kappa shape index (κ2) is 16.4. The van der Waals surface area contributed by atoms with Crippen molar-refractivity contribution in [2.45, 2.75) is 75.3 Å². The summed E-state index contributed by atoms with van der Waals surface area (Å²) in [6.07, 6.45) is -2.81. The van der Waals surface area contributed by atoms with Crippen LogP contribution < -0.4 is 15.6 Å². The van der Waals surface area contributed by atoms with Crippen LogP contribution in [-0.4, -0.2) is 65.1 Å². The van der Waals surface area contributed by atoms with Crippen LogP contribution in [0.15, 0.2) is 77.7 Å². The number of carbonyl (C=O) groups excluding carboxylic acids is 1. The average Bonchev–Trinajstić information content (AvgIpc) is 4.17. The Hall–Kier alpha value is -6.35. The van der Waals surface area contributed by atoms with Gasteiger partial charge in [-0.15, -0.1) is 0 Å². The summed E-state index contributed by atoms with van der Waals surface area (Å²) in [5, 5.41) is 9.78. The summed E-state index contributed by atoms with van der Waals surface area (Å²) in [6, 6.07) is 12.9. The number of fused-ring (bicyclic) bond motifs is 2. The van der Waals surface area contributed by atoms with Crippen molar-refractivity contribution in [3.05, 3.63) is 123 Å². The number of pyridine rings is 2. The van der Waals surface area contributed by atoms with Gasteiger partial charge >= 0.3 is 0 Å². The molecule has 22 heteroatoms. The minimum atomic E-state index is -4.04. The molecular formula is C41H33ClF6N10O4S. The Labute approximate surface area is 358 Å². The lowest BCUT2D eigenvalue weighted by molar-refractivity contribution is -0.122. The third-order valence-corrected chi connectivity index (χ3v) is 12.8. The van der Waals surface area contributed by atoms with Gasteiger partial charge in [0.25, 0.3) is 18.4 Å². The van der Waals surface area contributed by atoms with Gasteiger partial charge < -0.3 is 5.32 Å². The molecule has 9 rings (SSSR count). The van der Waals surface area contributed by atoms with E-state index in [1.165, 1.54) is 36.5 Å². The lowest BCUT2D eigenvalue weighted by Crippen LogP contribution is -2.38. The number of benzene rings is 2. The first-order valence-electron chi connectivity index (χ1n) is 19.6. The fraction of sp³-hybridized carbons (Fsp3) is 0.293. The summed E-state index contributed by atoms with van der Waals surface area (Å²) in [5.41, 5.74) is -0.940. The Morgan fingerprint density at radius 2 is 1.65 bits per heavy atom. The van der Waals surface area contributed by atoms with Crippen molar-refractivity contribution in [1.82, 2.24) is 44.4 Å². The third kappa shape index (κ3) is 8.58. The zero-order chi connectivity index (χ0) is 44.3. The van der Waals surface area contributed by atoms with E-state index in [0.29, 0.717) is 43.1 Å².